The van der Waals surface area contributed by atoms with Crippen molar-refractivity contribution in [3.63, 3.8) is 0 Å². The molecule has 5 heteroatoms. The van der Waals surface area contributed by atoms with Gasteiger partial charge < -0.3 is 10.6 Å². The fourth-order valence-electron chi connectivity index (χ4n) is 1.52. The van der Waals surface area contributed by atoms with Crippen LogP contribution in [0.3, 0.4) is 0 Å². The van der Waals surface area contributed by atoms with E-state index in [1.165, 1.54) is 12.1 Å². The first-order chi connectivity index (χ1) is 9.13. The summed E-state index contributed by atoms with van der Waals surface area (Å²) in [5, 5.41) is 5.71. The SMILES string of the molecule is O=C(CNc1ccc(F)cc1)Nc1cccc(I)c1. The Morgan fingerprint density at radius 1 is 1.11 bits per heavy atom. The first-order valence-electron chi connectivity index (χ1n) is 5.68. The highest BCUT2D eigenvalue weighted by Gasteiger charge is 2.02. The molecule has 0 saturated heterocycles. The third-order valence-electron chi connectivity index (χ3n) is 2.41. The van der Waals surface area contributed by atoms with Crippen LogP contribution in [0.15, 0.2) is 48.5 Å². The molecule has 0 atom stereocenters. The summed E-state index contributed by atoms with van der Waals surface area (Å²) in [6.07, 6.45) is 0. The largest absolute Gasteiger partial charge is 0.376 e. The Hall–Kier alpha value is -1.63. The van der Waals surface area contributed by atoms with Gasteiger partial charge in [0.1, 0.15) is 5.82 Å². The summed E-state index contributed by atoms with van der Waals surface area (Å²) in [5.74, 6) is -0.444. The molecule has 2 N–H and O–H groups in total. The second-order valence-corrected chi connectivity index (χ2v) is 5.16. The van der Waals surface area contributed by atoms with Crippen LogP contribution in [0.1, 0.15) is 0 Å². The topological polar surface area (TPSA) is 41.1 Å². The molecule has 3 nitrogen and oxygen atoms in total. The molecule has 0 aliphatic rings. The number of rotatable bonds is 4. The molecule has 0 spiro atoms. The zero-order valence-corrected chi connectivity index (χ0v) is 12.1. The zero-order chi connectivity index (χ0) is 13.7. The molecule has 2 aromatic rings. The minimum absolute atomic E-state index is 0.136. The van der Waals surface area contributed by atoms with Crippen LogP contribution < -0.4 is 10.6 Å². The smallest absolute Gasteiger partial charge is 0.243 e. The van der Waals surface area contributed by atoms with Gasteiger partial charge in [-0.2, -0.15) is 0 Å². The Balaban J connectivity index is 1.86. The van der Waals surface area contributed by atoms with Crippen LogP contribution in [-0.4, -0.2) is 12.5 Å². The standard InChI is InChI=1S/C14H12FIN2O/c15-10-4-6-12(7-5-10)17-9-14(19)18-13-3-1-2-11(16)8-13/h1-8,17H,9H2,(H,18,19). The molecule has 0 unspecified atom stereocenters. The molecule has 1 amide bonds. The highest BCUT2D eigenvalue weighted by molar-refractivity contribution is 14.1. The van der Waals surface area contributed by atoms with Crippen LogP contribution in [0.5, 0.6) is 0 Å². The average molecular weight is 370 g/mol. The van der Waals surface area contributed by atoms with E-state index in [1.807, 2.05) is 24.3 Å². The van der Waals surface area contributed by atoms with E-state index < -0.39 is 0 Å². The van der Waals surface area contributed by atoms with E-state index in [0.717, 1.165) is 9.26 Å². The van der Waals surface area contributed by atoms with Crippen molar-refractivity contribution in [2.45, 2.75) is 0 Å². The minimum Gasteiger partial charge on any atom is -0.376 e. The normalized spacial score (nSPS) is 10.0. The maximum absolute atomic E-state index is 12.7. The molecule has 0 aliphatic carbocycles. The second kappa shape index (κ2) is 6.51. The number of halogens is 2. The zero-order valence-electron chi connectivity index (χ0n) is 9.99. The van der Waals surface area contributed by atoms with Crippen molar-refractivity contribution in [3.8, 4) is 0 Å². The number of amides is 1. The van der Waals surface area contributed by atoms with Gasteiger partial charge in [-0.3, -0.25) is 4.79 Å². The van der Waals surface area contributed by atoms with E-state index in [1.54, 1.807) is 12.1 Å². The molecule has 0 heterocycles. The lowest BCUT2D eigenvalue weighted by Gasteiger charge is -2.08. The van der Waals surface area contributed by atoms with Crippen molar-refractivity contribution >= 4 is 39.9 Å². The molecule has 0 fully saturated rings. The lowest BCUT2D eigenvalue weighted by Crippen LogP contribution is -2.21. The van der Waals surface area contributed by atoms with Crippen LogP contribution in [-0.2, 0) is 4.79 Å². The Morgan fingerprint density at radius 3 is 2.53 bits per heavy atom. The Kier molecular flexibility index (Phi) is 4.73. The summed E-state index contributed by atoms with van der Waals surface area (Å²) >= 11 is 2.18. The molecular weight excluding hydrogens is 358 g/mol. The number of anilines is 2. The third kappa shape index (κ3) is 4.51. The number of hydrogen-bond donors (Lipinski definition) is 2. The van der Waals surface area contributed by atoms with Gasteiger partial charge in [0.25, 0.3) is 0 Å². The van der Waals surface area contributed by atoms with Crippen molar-refractivity contribution in [1.29, 1.82) is 0 Å². The number of benzene rings is 2. The van der Waals surface area contributed by atoms with Crippen molar-refractivity contribution in [2.75, 3.05) is 17.2 Å². The molecule has 0 saturated carbocycles. The van der Waals surface area contributed by atoms with Gasteiger partial charge in [0.2, 0.25) is 5.91 Å². The van der Waals surface area contributed by atoms with Crippen LogP contribution in [0.4, 0.5) is 15.8 Å². The van der Waals surface area contributed by atoms with Gasteiger partial charge >= 0.3 is 0 Å². The van der Waals surface area contributed by atoms with Crippen molar-refractivity contribution < 1.29 is 9.18 Å². The molecule has 0 radical (unpaired) electrons. The summed E-state index contributed by atoms with van der Waals surface area (Å²) in [5.41, 5.74) is 1.47. The van der Waals surface area contributed by atoms with E-state index >= 15 is 0 Å². The number of carbonyl (C=O) groups excluding carboxylic acids is 1. The first-order valence-corrected chi connectivity index (χ1v) is 6.76. The third-order valence-corrected chi connectivity index (χ3v) is 3.08. The minimum atomic E-state index is -0.297. The Morgan fingerprint density at radius 2 is 1.84 bits per heavy atom. The predicted molar refractivity (Wildman–Crippen MR) is 82.7 cm³/mol. The van der Waals surface area contributed by atoms with Gasteiger partial charge in [0.15, 0.2) is 0 Å². The number of carbonyl (C=O) groups is 1. The molecule has 98 valence electrons. The maximum Gasteiger partial charge on any atom is 0.243 e. The predicted octanol–water partition coefficient (Wildman–Crippen LogP) is 3.48. The van der Waals surface area contributed by atoms with Crippen LogP contribution in [0.25, 0.3) is 0 Å². The highest BCUT2D eigenvalue weighted by atomic mass is 127. The van der Waals surface area contributed by atoms with Crippen molar-refractivity contribution in [3.05, 3.63) is 57.9 Å². The lowest BCUT2D eigenvalue weighted by molar-refractivity contribution is -0.114. The molecule has 0 aromatic heterocycles. The van der Waals surface area contributed by atoms with Crippen LogP contribution >= 0.6 is 22.6 Å². The summed E-state index contributed by atoms with van der Waals surface area (Å²) < 4.78 is 13.8. The molecule has 2 rings (SSSR count). The van der Waals surface area contributed by atoms with E-state index in [2.05, 4.69) is 33.2 Å². The van der Waals surface area contributed by atoms with Crippen molar-refractivity contribution in [2.24, 2.45) is 0 Å². The lowest BCUT2D eigenvalue weighted by atomic mass is 10.3. The summed E-state index contributed by atoms with van der Waals surface area (Å²) in [6.45, 7) is 0.136. The van der Waals surface area contributed by atoms with E-state index in [-0.39, 0.29) is 18.3 Å². The fourth-order valence-corrected chi connectivity index (χ4v) is 2.06. The first kappa shape index (κ1) is 13.8. The Labute approximate surface area is 124 Å². The van der Waals surface area contributed by atoms with Gasteiger partial charge in [-0.25, -0.2) is 4.39 Å². The molecular formula is C14H12FIN2O. The van der Waals surface area contributed by atoms with Crippen LogP contribution in [0.2, 0.25) is 0 Å². The maximum atomic E-state index is 12.7. The van der Waals surface area contributed by atoms with Gasteiger partial charge in [-0.05, 0) is 65.1 Å². The molecule has 0 bridgehead atoms. The molecule has 19 heavy (non-hydrogen) atoms. The van der Waals surface area contributed by atoms with Crippen molar-refractivity contribution in [1.82, 2.24) is 0 Å². The van der Waals surface area contributed by atoms with Gasteiger partial charge in [0.05, 0.1) is 6.54 Å². The van der Waals surface area contributed by atoms with E-state index in [4.69, 9.17) is 0 Å². The quantitative estimate of drug-likeness (QED) is 0.810. The summed E-state index contributed by atoms with van der Waals surface area (Å²) in [6, 6.07) is 13.4. The second-order valence-electron chi connectivity index (χ2n) is 3.92. The van der Waals surface area contributed by atoms with E-state index in [0.29, 0.717) is 5.69 Å². The highest BCUT2D eigenvalue weighted by Crippen LogP contribution is 2.12. The number of nitrogens with one attached hydrogen (secondary N) is 2. The van der Waals surface area contributed by atoms with Crippen LogP contribution in [0, 0.1) is 9.39 Å². The fraction of sp³-hybridized carbons (Fsp3) is 0.0714. The average Bonchev–Trinajstić information content (AvgIpc) is 2.38. The van der Waals surface area contributed by atoms with E-state index in [9.17, 15) is 9.18 Å². The van der Waals surface area contributed by atoms with Gasteiger partial charge in [-0.15, -0.1) is 0 Å². The van der Waals surface area contributed by atoms with Gasteiger partial charge in [0, 0.05) is 14.9 Å². The summed E-state index contributed by atoms with van der Waals surface area (Å²) in [4.78, 5) is 11.7. The van der Waals surface area contributed by atoms with Gasteiger partial charge in [-0.1, -0.05) is 6.07 Å². The Bertz CT molecular complexity index is 572. The molecule has 2 aromatic carbocycles. The monoisotopic (exact) mass is 370 g/mol. The number of hydrogen-bond acceptors (Lipinski definition) is 2. The summed E-state index contributed by atoms with van der Waals surface area (Å²) in [7, 11) is 0. The molecule has 0 aliphatic heterocycles.